The number of carbonyl (C=O) groups is 3. The highest BCUT2D eigenvalue weighted by Gasteiger charge is 2.62. The monoisotopic (exact) mass is 635 g/mol. The third-order valence-corrected chi connectivity index (χ3v) is 10.9. The fraction of sp³-hybridized carbons (Fsp3) is 0.500. The van der Waals surface area contributed by atoms with E-state index in [4.69, 9.17) is 9.47 Å². The minimum atomic E-state index is -3.83. The lowest BCUT2D eigenvalue weighted by atomic mass is 9.96. The van der Waals surface area contributed by atoms with Crippen LogP contribution in [0.1, 0.15) is 74.8 Å². The molecule has 2 aromatic carbocycles. The average Bonchev–Trinajstić information content (AvgIpc) is 3.91. The molecule has 1 heterocycles. The second-order valence-electron chi connectivity index (χ2n) is 13.6. The summed E-state index contributed by atoms with van der Waals surface area (Å²) in [7, 11) is -3.83. The van der Waals surface area contributed by atoms with Crippen LogP contribution < -0.4 is 10.0 Å². The number of sulfonamides is 1. The van der Waals surface area contributed by atoms with E-state index in [1.54, 1.807) is 20.8 Å². The topological polar surface area (TPSA) is 131 Å². The molecule has 2 aromatic rings. The van der Waals surface area contributed by atoms with Crippen molar-refractivity contribution in [2.24, 2.45) is 5.92 Å². The van der Waals surface area contributed by atoms with Crippen LogP contribution in [0.2, 0.25) is 0 Å². The average molecular weight is 636 g/mol. The van der Waals surface area contributed by atoms with Crippen molar-refractivity contribution in [3.05, 3.63) is 83.4 Å². The van der Waals surface area contributed by atoms with Gasteiger partial charge in [0.25, 0.3) is 5.91 Å². The number of aryl methyl sites for hydroxylation is 2. The van der Waals surface area contributed by atoms with E-state index in [1.807, 2.05) is 24.3 Å². The minimum Gasteiger partial charge on any atom is -0.444 e. The molecule has 3 aliphatic carbocycles. The van der Waals surface area contributed by atoms with E-state index < -0.39 is 68.5 Å². The lowest BCUT2D eigenvalue weighted by Crippen LogP contribution is -2.56. The number of nitrogens with zero attached hydrogens (tertiary/aromatic N) is 1. The third kappa shape index (κ3) is 6.37. The Bertz CT molecular complexity index is 1580. The summed E-state index contributed by atoms with van der Waals surface area (Å²) in [4.78, 5) is 42.1. The summed E-state index contributed by atoms with van der Waals surface area (Å²) in [6.45, 7) is 9.13. The Kier molecular flexibility index (Phi) is 8.06. The number of hydrogen-bond donors (Lipinski definition) is 2. The van der Waals surface area contributed by atoms with Gasteiger partial charge in [-0.1, -0.05) is 54.6 Å². The number of likely N-dealkylation sites (tertiary alicyclic amines) is 1. The summed E-state index contributed by atoms with van der Waals surface area (Å²) in [6.07, 6.45) is 3.07. The molecule has 4 aliphatic rings. The lowest BCUT2D eigenvalue weighted by Gasteiger charge is -2.29. The van der Waals surface area contributed by atoms with Gasteiger partial charge >= 0.3 is 6.09 Å². The molecule has 2 saturated carbocycles. The van der Waals surface area contributed by atoms with Crippen LogP contribution in [-0.2, 0) is 41.9 Å². The van der Waals surface area contributed by atoms with E-state index in [2.05, 4.69) is 40.9 Å². The summed E-state index contributed by atoms with van der Waals surface area (Å²) in [6, 6.07) is 15.3. The van der Waals surface area contributed by atoms with Gasteiger partial charge in [0.15, 0.2) is 0 Å². The second-order valence-corrected chi connectivity index (χ2v) is 15.6. The summed E-state index contributed by atoms with van der Waals surface area (Å²) < 4.78 is 39.8. The van der Waals surface area contributed by atoms with Crippen LogP contribution in [0.15, 0.2) is 61.2 Å². The van der Waals surface area contributed by atoms with Crippen LogP contribution in [-0.4, -0.2) is 66.3 Å². The van der Waals surface area contributed by atoms with Gasteiger partial charge in [-0.3, -0.25) is 19.2 Å². The first-order valence-corrected chi connectivity index (χ1v) is 17.2. The van der Waals surface area contributed by atoms with Crippen LogP contribution in [0.4, 0.5) is 4.79 Å². The van der Waals surface area contributed by atoms with Gasteiger partial charge in [0, 0.05) is 12.3 Å². The van der Waals surface area contributed by atoms with E-state index in [0.29, 0.717) is 12.8 Å². The van der Waals surface area contributed by atoms with Gasteiger partial charge in [-0.2, -0.15) is 0 Å². The fourth-order valence-electron chi connectivity index (χ4n) is 6.50. The van der Waals surface area contributed by atoms with Crippen molar-refractivity contribution in [1.29, 1.82) is 0 Å². The van der Waals surface area contributed by atoms with Gasteiger partial charge < -0.3 is 14.8 Å². The van der Waals surface area contributed by atoms with E-state index in [1.165, 1.54) is 22.1 Å². The Hall–Kier alpha value is -3.70. The maximum absolute atomic E-state index is 14.0. The molecule has 4 atom stereocenters. The standard InChI is InChI=1S/C34H41N3O7S/c1-5-23-19-34(23,31(39)36-45(41,42)25-16-17-25)35-30(38)28-18-24(20-37(28)32(40)44-33(2,3)4)43-29-26-12-8-6-10-21(26)14-15-22-11-7-9-13-27(22)29/h5-13,23-25,28-29H,1,14-20H2,2-4H3,(H,35,38)(H,36,39)/t23?,24-,28+,34-/m1/s1. The highest BCUT2D eigenvalue weighted by Crippen LogP contribution is 2.46. The Labute approximate surface area is 264 Å². The first-order valence-electron chi connectivity index (χ1n) is 15.6. The first-order chi connectivity index (χ1) is 21.3. The Balaban J connectivity index is 1.26. The molecule has 10 nitrogen and oxygen atoms in total. The predicted molar refractivity (Wildman–Crippen MR) is 168 cm³/mol. The number of benzene rings is 2. The summed E-state index contributed by atoms with van der Waals surface area (Å²) in [5.74, 6) is -1.80. The van der Waals surface area contributed by atoms with Gasteiger partial charge in [-0.15, -0.1) is 6.58 Å². The maximum Gasteiger partial charge on any atom is 0.411 e. The van der Waals surface area contributed by atoms with E-state index in [-0.39, 0.29) is 19.4 Å². The number of ether oxygens (including phenoxy) is 2. The van der Waals surface area contributed by atoms with Crippen molar-refractivity contribution < 1.29 is 32.3 Å². The molecule has 6 rings (SSSR count). The van der Waals surface area contributed by atoms with Crippen molar-refractivity contribution in [3.8, 4) is 0 Å². The first kappa shape index (κ1) is 31.3. The minimum absolute atomic E-state index is 0.105. The molecule has 0 bridgehead atoms. The number of rotatable bonds is 8. The van der Waals surface area contributed by atoms with Crippen molar-refractivity contribution in [2.45, 2.75) is 93.9 Å². The molecule has 1 aliphatic heterocycles. The predicted octanol–water partition coefficient (Wildman–Crippen LogP) is 3.94. The van der Waals surface area contributed by atoms with E-state index >= 15 is 0 Å². The molecule has 1 unspecified atom stereocenters. The number of amides is 3. The van der Waals surface area contributed by atoms with Crippen LogP contribution in [0.5, 0.6) is 0 Å². The van der Waals surface area contributed by atoms with Crippen LogP contribution in [0.25, 0.3) is 0 Å². The Morgan fingerprint density at radius 2 is 1.60 bits per heavy atom. The van der Waals surface area contributed by atoms with Crippen LogP contribution >= 0.6 is 0 Å². The van der Waals surface area contributed by atoms with Gasteiger partial charge in [0.1, 0.15) is 23.3 Å². The maximum atomic E-state index is 14.0. The van der Waals surface area contributed by atoms with Gasteiger partial charge in [-0.25, -0.2) is 13.2 Å². The molecule has 0 radical (unpaired) electrons. The Morgan fingerprint density at radius 1 is 1.00 bits per heavy atom. The summed E-state index contributed by atoms with van der Waals surface area (Å²) in [5.41, 5.74) is 2.22. The zero-order valence-corrected chi connectivity index (χ0v) is 26.8. The zero-order chi connectivity index (χ0) is 32.1. The van der Waals surface area contributed by atoms with Gasteiger partial charge in [-0.05, 0) is 75.1 Å². The van der Waals surface area contributed by atoms with Crippen LogP contribution in [0, 0.1) is 5.92 Å². The van der Waals surface area contributed by atoms with Crippen LogP contribution in [0.3, 0.4) is 0 Å². The Morgan fingerprint density at radius 3 is 2.13 bits per heavy atom. The zero-order valence-electron chi connectivity index (χ0n) is 26.0. The molecule has 0 aromatic heterocycles. The second kappa shape index (κ2) is 11.6. The quantitative estimate of drug-likeness (QED) is 0.420. The normalized spacial score (nSPS) is 26.2. The van der Waals surface area contributed by atoms with Crippen molar-refractivity contribution in [2.75, 3.05) is 6.54 Å². The van der Waals surface area contributed by atoms with E-state index in [0.717, 1.165) is 24.0 Å². The molecule has 0 spiro atoms. The van der Waals surface area contributed by atoms with Crippen molar-refractivity contribution in [3.63, 3.8) is 0 Å². The van der Waals surface area contributed by atoms with Gasteiger partial charge in [0.05, 0.1) is 17.9 Å². The van der Waals surface area contributed by atoms with Gasteiger partial charge in [0.2, 0.25) is 15.9 Å². The number of carbonyl (C=O) groups excluding carboxylic acids is 3. The lowest BCUT2D eigenvalue weighted by molar-refractivity contribution is -0.131. The van der Waals surface area contributed by atoms with E-state index in [9.17, 15) is 22.8 Å². The highest BCUT2D eigenvalue weighted by molar-refractivity contribution is 7.91. The molecule has 45 heavy (non-hydrogen) atoms. The van der Waals surface area contributed by atoms with Crippen molar-refractivity contribution >= 4 is 27.9 Å². The molecular weight excluding hydrogens is 594 g/mol. The number of fused-ring (bicyclic) bond motifs is 2. The smallest absolute Gasteiger partial charge is 0.411 e. The molecule has 2 N–H and O–H groups in total. The SMILES string of the molecule is C=CC1C[C@]1(NC(=O)[C@@H]1C[C@@H](OC2c3ccccc3CCc3ccccc32)CN1C(=O)OC(C)(C)C)C(=O)NS(=O)(=O)C1CC1. The molecular formula is C34H41N3O7S. The molecule has 3 amide bonds. The molecule has 3 fully saturated rings. The largest absolute Gasteiger partial charge is 0.444 e. The summed E-state index contributed by atoms with van der Waals surface area (Å²) in [5, 5.41) is 2.22. The number of hydrogen-bond acceptors (Lipinski definition) is 7. The number of nitrogens with one attached hydrogen (secondary N) is 2. The highest BCUT2D eigenvalue weighted by atomic mass is 32.2. The summed E-state index contributed by atoms with van der Waals surface area (Å²) >= 11 is 0. The molecule has 11 heteroatoms. The fourth-order valence-corrected chi connectivity index (χ4v) is 7.86. The third-order valence-electron chi connectivity index (χ3n) is 9.11. The van der Waals surface area contributed by atoms with Crippen molar-refractivity contribution in [1.82, 2.24) is 14.9 Å². The molecule has 1 saturated heterocycles. The molecule has 240 valence electrons.